The molecule has 0 N–H and O–H groups in total. The van der Waals surface area contributed by atoms with Gasteiger partial charge in [-0.05, 0) is 49.7 Å². The number of anilines is 1. The summed E-state index contributed by atoms with van der Waals surface area (Å²) in [6, 6.07) is 16.4. The summed E-state index contributed by atoms with van der Waals surface area (Å²) < 4.78 is 15.9. The van der Waals surface area contributed by atoms with Crippen molar-refractivity contribution in [2.24, 2.45) is 0 Å². The Kier molecular flexibility index (Phi) is 7.67. The summed E-state index contributed by atoms with van der Waals surface area (Å²) in [4.78, 5) is 25.8. The average molecular weight is 371 g/mol. The summed E-state index contributed by atoms with van der Waals surface area (Å²) in [5, 5.41) is 0. The van der Waals surface area contributed by atoms with Crippen LogP contribution in [0.1, 0.15) is 19.8 Å². The van der Waals surface area contributed by atoms with Crippen LogP contribution in [0.4, 0.5) is 5.69 Å². The molecule has 0 saturated carbocycles. The predicted octanol–water partition coefficient (Wildman–Crippen LogP) is 3.45. The van der Waals surface area contributed by atoms with Crippen LogP contribution in [-0.4, -0.2) is 38.7 Å². The third kappa shape index (κ3) is 6.33. The molecule has 0 heterocycles. The van der Waals surface area contributed by atoms with E-state index in [1.807, 2.05) is 30.3 Å². The smallest absolute Gasteiger partial charge is 0.306 e. The number of methoxy groups -OCH3 is 1. The van der Waals surface area contributed by atoms with Crippen molar-refractivity contribution in [2.45, 2.75) is 25.9 Å². The van der Waals surface area contributed by atoms with E-state index in [4.69, 9.17) is 14.2 Å². The first-order valence-electron chi connectivity index (χ1n) is 8.80. The third-order valence-corrected chi connectivity index (χ3v) is 3.98. The Balaban J connectivity index is 1.70. The van der Waals surface area contributed by atoms with Crippen molar-refractivity contribution in [1.82, 2.24) is 0 Å². The van der Waals surface area contributed by atoms with Crippen LogP contribution in [0.25, 0.3) is 0 Å². The first-order chi connectivity index (χ1) is 13.0. The van der Waals surface area contributed by atoms with Gasteiger partial charge in [-0.15, -0.1) is 0 Å². The fourth-order valence-electron chi connectivity index (χ4n) is 2.44. The lowest BCUT2D eigenvalue weighted by Crippen LogP contribution is -2.37. The lowest BCUT2D eigenvalue weighted by atomic mass is 10.2. The molecule has 144 valence electrons. The molecule has 0 aliphatic heterocycles. The SMILES string of the molecule is COc1ccc(OCCCC(=O)OC(C)C(=O)N(C)c2ccccc2)cc1. The van der Waals surface area contributed by atoms with Gasteiger partial charge in [-0.1, -0.05) is 18.2 Å². The van der Waals surface area contributed by atoms with Gasteiger partial charge in [-0.2, -0.15) is 0 Å². The Bertz CT molecular complexity index is 730. The number of ether oxygens (including phenoxy) is 3. The van der Waals surface area contributed by atoms with Gasteiger partial charge in [0.2, 0.25) is 0 Å². The second-order valence-corrected chi connectivity index (χ2v) is 5.99. The molecule has 0 bridgehead atoms. The number of amides is 1. The van der Waals surface area contributed by atoms with Gasteiger partial charge in [0.15, 0.2) is 6.10 Å². The molecule has 0 radical (unpaired) electrons. The van der Waals surface area contributed by atoms with Gasteiger partial charge in [0.05, 0.1) is 13.7 Å². The number of rotatable bonds is 9. The second kappa shape index (κ2) is 10.2. The van der Waals surface area contributed by atoms with Crippen LogP contribution in [0.3, 0.4) is 0 Å². The molecule has 0 aliphatic carbocycles. The van der Waals surface area contributed by atoms with Crippen LogP contribution in [0.5, 0.6) is 11.5 Å². The van der Waals surface area contributed by atoms with E-state index in [0.29, 0.717) is 18.8 Å². The number of likely N-dealkylation sites (N-methyl/N-ethyl adjacent to an activating group) is 1. The molecule has 6 nitrogen and oxygen atoms in total. The van der Waals surface area contributed by atoms with Gasteiger partial charge in [0, 0.05) is 19.2 Å². The number of para-hydroxylation sites is 1. The Morgan fingerprint density at radius 2 is 1.63 bits per heavy atom. The number of carbonyl (C=O) groups excluding carboxylic acids is 2. The Hall–Kier alpha value is -3.02. The zero-order valence-electron chi connectivity index (χ0n) is 15.9. The first kappa shape index (κ1) is 20.3. The largest absolute Gasteiger partial charge is 0.497 e. The molecule has 2 aromatic rings. The van der Waals surface area contributed by atoms with Gasteiger partial charge in [-0.3, -0.25) is 9.59 Å². The van der Waals surface area contributed by atoms with E-state index in [-0.39, 0.29) is 12.3 Å². The van der Waals surface area contributed by atoms with Gasteiger partial charge in [0.25, 0.3) is 5.91 Å². The molecule has 27 heavy (non-hydrogen) atoms. The molecule has 1 unspecified atom stereocenters. The maximum absolute atomic E-state index is 12.4. The van der Waals surface area contributed by atoms with Crippen molar-refractivity contribution < 1.29 is 23.8 Å². The zero-order chi connectivity index (χ0) is 19.6. The Morgan fingerprint density at radius 3 is 2.26 bits per heavy atom. The molecule has 0 saturated heterocycles. The molecule has 6 heteroatoms. The third-order valence-electron chi connectivity index (χ3n) is 3.98. The molecular weight excluding hydrogens is 346 g/mol. The van der Waals surface area contributed by atoms with E-state index < -0.39 is 12.1 Å². The van der Waals surface area contributed by atoms with Gasteiger partial charge in [0.1, 0.15) is 11.5 Å². The lowest BCUT2D eigenvalue weighted by Gasteiger charge is -2.21. The summed E-state index contributed by atoms with van der Waals surface area (Å²) in [6.07, 6.45) is -0.159. The molecule has 2 rings (SSSR count). The summed E-state index contributed by atoms with van der Waals surface area (Å²) in [5.74, 6) is 0.766. The van der Waals surface area contributed by atoms with Crippen LogP contribution in [0, 0.1) is 0 Å². The van der Waals surface area contributed by atoms with Crippen molar-refractivity contribution >= 4 is 17.6 Å². The van der Waals surface area contributed by atoms with Crippen molar-refractivity contribution in [2.75, 3.05) is 25.7 Å². The number of hydrogen-bond donors (Lipinski definition) is 0. The summed E-state index contributed by atoms with van der Waals surface area (Å²) in [7, 11) is 3.26. The van der Waals surface area contributed by atoms with Crippen molar-refractivity contribution in [3.63, 3.8) is 0 Å². The van der Waals surface area contributed by atoms with E-state index >= 15 is 0 Å². The maximum Gasteiger partial charge on any atom is 0.306 e. The fourth-order valence-corrected chi connectivity index (χ4v) is 2.44. The van der Waals surface area contributed by atoms with E-state index in [2.05, 4.69) is 0 Å². The molecule has 1 amide bonds. The number of carbonyl (C=O) groups is 2. The molecule has 0 spiro atoms. The molecule has 0 aliphatic rings. The van der Waals surface area contributed by atoms with E-state index in [1.165, 1.54) is 4.90 Å². The minimum atomic E-state index is -0.842. The quantitative estimate of drug-likeness (QED) is 0.499. The number of benzene rings is 2. The van der Waals surface area contributed by atoms with E-state index in [1.54, 1.807) is 45.3 Å². The number of hydrogen-bond acceptors (Lipinski definition) is 5. The minimum absolute atomic E-state index is 0.183. The van der Waals surface area contributed by atoms with Crippen LogP contribution in [-0.2, 0) is 14.3 Å². The van der Waals surface area contributed by atoms with Gasteiger partial charge >= 0.3 is 5.97 Å². The zero-order valence-corrected chi connectivity index (χ0v) is 15.9. The molecule has 0 aromatic heterocycles. The summed E-state index contributed by atoms with van der Waals surface area (Å²) in [6.45, 7) is 1.96. The van der Waals surface area contributed by atoms with Crippen LogP contribution >= 0.6 is 0 Å². The van der Waals surface area contributed by atoms with Crippen molar-refractivity contribution in [3.05, 3.63) is 54.6 Å². The monoisotopic (exact) mass is 371 g/mol. The van der Waals surface area contributed by atoms with Crippen LogP contribution in [0.2, 0.25) is 0 Å². The number of esters is 1. The normalized spacial score (nSPS) is 11.4. The highest BCUT2D eigenvalue weighted by Gasteiger charge is 2.22. The van der Waals surface area contributed by atoms with Crippen LogP contribution < -0.4 is 14.4 Å². The predicted molar refractivity (Wildman–Crippen MR) is 103 cm³/mol. The van der Waals surface area contributed by atoms with E-state index in [9.17, 15) is 9.59 Å². The summed E-state index contributed by atoms with van der Waals surface area (Å²) >= 11 is 0. The summed E-state index contributed by atoms with van der Waals surface area (Å²) in [5.41, 5.74) is 0.748. The fraction of sp³-hybridized carbons (Fsp3) is 0.333. The first-order valence-corrected chi connectivity index (χ1v) is 8.80. The molecular formula is C21H25NO5. The highest BCUT2D eigenvalue weighted by atomic mass is 16.5. The topological polar surface area (TPSA) is 65.1 Å². The molecule has 0 fully saturated rings. The van der Waals surface area contributed by atoms with Crippen LogP contribution in [0.15, 0.2) is 54.6 Å². The molecule has 1 atom stereocenters. The van der Waals surface area contributed by atoms with Gasteiger partial charge in [-0.25, -0.2) is 0 Å². The second-order valence-electron chi connectivity index (χ2n) is 5.99. The number of nitrogens with zero attached hydrogens (tertiary/aromatic N) is 1. The lowest BCUT2D eigenvalue weighted by molar-refractivity contribution is -0.154. The van der Waals surface area contributed by atoms with Gasteiger partial charge < -0.3 is 19.1 Å². The standard InChI is InChI=1S/C21H25NO5/c1-16(21(24)22(2)17-8-5-4-6-9-17)27-20(23)10-7-15-26-19-13-11-18(25-3)12-14-19/h4-6,8-9,11-14,16H,7,10,15H2,1-3H3. The van der Waals surface area contributed by atoms with Crippen molar-refractivity contribution in [3.8, 4) is 11.5 Å². The average Bonchev–Trinajstić information content (AvgIpc) is 2.71. The van der Waals surface area contributed by atoms with E-state index in [0.717, 1.165) is 11.4 Å². The van der Waals surface area contributed by atoms with Crippen molar-refractivity contribution in [1.29, 1.82) is 0 Å². The maximum atomic E-state index is 12.4. The molecule has 2 aromatic carbocycles. The highest BCUT2D eigenvalue weighted by Crippen LogP contribution is 2.17. The Labute approximate surface area is 159 Å². The Morgan fingerprint density at radius 1 is 1.00 bits per heavy atom. The highest BCUT2D eigenvalue weighted by molar-refractivity contribution is 5.96. The minimum Gasteiger partial charge on any atom is -0.497 e.